The molecule has 0 aromatic rings. The van der Waals surface area contributed by atoms with E-state index in [0.717, 1.165) is 19.4 Å². The Morgan fingerprint density at radius 2 is 2.38 bits per heavy atom. The standard InChI is InChI=1S/C6H11FN/c1-8-4-2-3-6(7)5-8/h6H,1-5H2. The van der Waals surface area contributed by atoms with Crippen molar-refractivity contribution in [2.75, 3.05) is 13.1 Å². The molecule has 1 nitrogen and oxygen atoms in total. The number of hydrogen-bond donors (Lipinski definition) is 0. The van der Waals surface area contributed by atoms with E-state index < -0.39 is 6.17 Å². The summed E-state index contributed by atoms with van der Waals surface area (Å²) in [5.74, 6) is 0. The van der Waals surface area contributed by atoms with Crippen LogP contribution in [0.4, 0.5) is 4.39 Å². The summed E-state index contributed by atoms with van der Waals surface area (Å²) in [4.78, 5) is 1.79. The van der Waals surface area contributed by atoms with E-state index in [9.17, 15) is 4.39 Å². The van der Waals surface area contributed by atoms with Gasteiger partial charge in [0.05, 0.1) is 0 Å². The number of rotatable bonds is 0. The highest BCUT2D eigenvalue weighted by molar-refractivity contribution is 4.70. The lowest BCUT2D eigenvalue weighted by atomic mass is 10.1. The van der Waals surface area contributed by atoms with Crippen molar-refractivity contribution in [3.63, 3.8) is 0 Å². The summed E-state index contributed by atoms with van der Waals surface area (Å²) in [5, 5.41) is 0. The fourth-order valence-electron chi connectivity index (χ4n) is 0.999. The smallest absolute Gasteiger partial charge is 0.113 e. The maximum Gasteiger partial charge on any atom is 0.113 e. The molecule has 0 N–H and O–H groups in total. The molecule has 1 atom stereocenters. The van der Waals surface area contributed by atoms with Gasteiger partial charge in [-0.25, -0.2) is 4.39 Å². The molecule has 8 heavy (non-hydrogen) atoms. The van der Waals surface area contributed by atoms with Crippen molar-refractivity contribution in [3.8, 4) is 0 Å². The minimum atomic E-state index is -0.624. The summed E-state index contributed by atoms with van der Waals surface area (Å²) in [6, 6.07) is 0. The van der Waals surface area contributed by atoms with Gasteiger partial charge in [-0.05, 0) is 19.4 Å². The van der Waals surface area contributed by atoms with Crippen LogP contribution in [0.3, 0.4) is 0 Å². The molecule has 0 aromatic heterocycles. The predicted molar refractivity (Wildman–Crippen MR) is 31.1 cm³/mol. The van der Waals surface area contributed by atoms with Crippen molar-refractivity contribution in [3.05, 3.63) is 7.05 Å². The van der Waals surface area contributed by atoms with Crippen LogP contribution < -0.4 is 0 Å². The second-order valence-electron chi connectivity index (χ2n) is 2.32. The SMILES string of the molecule is [CH2]N1CCCC(F)C1. The first-order valence-electron chi connectivity index (χ1n) is 2.98. The fraction of sp³-hybridized carbons (Fsp3) is 0.833. The molecule has 1 radical (unpaired) electrons. The Bertz CT molecular complexity index is 66.9. The van der Waals surface area contributed by atoms with Gasteiger partial charge in [0.1, 0.15) is 6.17 Å². The van der Waals surface area contributed by atoms with Crippen molar-refractivity contribution < 1.29 is 4.39 Å². The molecule has 1 saturated heterocycles. The van der Waals surface area contributed by atoms with Gasteiger partial charge in [-0.15, -0.1) is 0 Å². The van der Waals surface area contributed by atoms with Crippen molar-refractivity contribution in [1.29, 1.82) is 0 Å². The molecule has 0 bridgehead atoms. The average molecular weight is 116 g/mol. The second kappa shape index (κ2) is 2.44. The Morgan fingerprint density at radius 3 is 2.75 bits per heavy atom. The van der Waals surface area contributed by atoms with Gasteiger partial charge in [0.15, 0.2) is 0 Å². The molecule has 1 aliphatic rings. The molecule has 0 amide bonds. The fourth-order valence-corrected chi connectivity index (χ4v) is 0.999. The number of piperidine rings is 1. The summed E-state index contributed by atoms with van der Waals surface area (Å²) in [6.07, 6.45) is 1.07. The van der Waals surface area contributed by atoms with Crippen LogP contribution in [0.2, 0.25) is 0 Å². The van der Waals surface area contributed by atoms with E-state index in [-0.39, 0.29) is 0 Å². The lowest BCUT2D eigenvalue weighted by Crippen LogP contribution is -2.31. The molecule has 1 aliphatic heterocycles. The molecular weight excluding hydrogens is 105 g/mol. The zero-order valence-electron chi connectivity index (χ0n) is 4.94. The number of halogens is 1. The Balaban J connectivity index is 2.23. The Morgan fingerprint density at radius 1 is 1.62 bits per heavy atom. The van der Waals surface area contributed by atoms with E-state index in [2.05, 4.69) is 7.05 Å². The van der Waals surface area contributed by atoms with Crippen LogP contribution in [0.5, 0.6) is 0 Å². The zero-order chi connectivity index (χ0) is 5.98. The van der Waals surface area contributed by atoms with E-state index in [4.69, 9.17) is 0 Å². The molecule has 1 heterocycles. The van der Waals surface area contributed by atoms with Gasteiger partial charge in [-0.1, -0.05) is 0 Å². The van der Waals surface area contributed by atoms with E-state index in [1.54, 1.807) is 4.90 Å². The highest BCUT2D eigenvalue weighted by atomic mass is 19.1. The third-order valence-electron chi connectivity index (χ3n) is 1.45. The molecule has 1 unspecified atom stereocenters. The zero-order valence-corrected chi connectivity index (χ0v) is 4.94. The van der Waals surface area contributed by atoms with E-state index in [1.807, 2.05) is 0 Å². The van der Waals surface area contributed by atoms with Crippen molar-refractivity contribution >= 4 is 0 Å². The highest BCUT2D eigenvalue weighted by Gasteiger charge is 2.14. The Hall–Kier alpha value is -0.110. The molecule has 47 valence electrons. The summed E-state index contributed by atoms with van der Waals surface area (Å²) < 4.78 is 12.4. The van der Waals surface area contributed by atoms with Gasteiger partial charge >= 0.3 is 0 Å². The molecule has 0 aliphatic carbocycles. The van der Waals surface area contributed by atoms with E-state index in [1.165, 1.54) is 0 Å². The topological polar surface area (TPSA) is 3.24 Å². The Labute approximate surface area is 49.5 Å². The summed E-state index contributed by atoms with van der Waals surface area (Å²) in [6.45, 7) is 1.49. The second-order valence-corrected chi connectivity index (χ2v) is 2.32. The van der Waals surface area contributed by atoms with Gasteiger partial charge in [0.25, 0.3) is 0 Å². The summed E-state index contributed by atoms with van der Waals surface area (Å²) in [7, 11) is 3.64. The van der Waals surface area contributed by atoms with E-state index >= 15 is 0 Å². The Kier molecular flexibility index (Phi) is 1.84. The highest BCUT2D eigenvalue weighted by Crippen LogP contribution is 2.10. The third kappa shape index (κ3) is 1.44. The minimum Gasteiger partial charge on any atom is -0.299 e. The minimum absolute atomic E-state index is 0.528. The lowest BCUT2D eigenvalue weighted by Gasteiger charge is -2.23. The summed E-state index contributed by atoms with van der Waals surface area (Å²) >= 11 is 0. The van der Waals surface area contributed by atoms with Gasteiger partial charge in [0, 0.05) is 13.6 Å². The van der Waals surface area contributed by atoms with Crippen LogP contribution in [-0.2, 0) is 0 Å². The number of alkyl halides is 1. The first kappa shape index (κ1) is 6.02. The van der Waals surface area contributed by atoms with Crippen molar-refractivity contribution in [1.82, 2.24) is 4.90 Å². The quantitative estimate of drug-likeness (QED) is 0.460. The number of nitrogens with zero attached hydrogens (tertiary/aromatic N) is 1. The predicted octanol–water partition coefficient (Wildman–Crippen LogP) is 1.21. The largest absolute Gasteiger partial charge is 0.299 e. The van der Waals surface area contributed by atoms with Gasteiger partial charge < -0.3 is 0 Å². The van der Waals surface area contributed by atoms with Gasteiger partial charge in [-0.2, -0.15) is 0 Å². The third-order valence-corrected chi connectivity index (χ3v) is 1.45. The van der Waals surface area contributed by atoms with Crippen molar-refractivity contribution in [2.24, 2.45) is 0 Å². The molecule has 0 saturated carbocycles. The maximum atomic E-state index is 12.4. The normalized spacial score (nSPS) is 33.0. The molecule has 2 heteroatoms. The van der Waals surface area contributed by atoms with Crippen LogP contribution in [0.25, 0.3) is 0 Å². The lowest BCUT2D eigenvalue weighted by molar-refractivity contribution is 0.178. The molecule has 1 fully saturated rings. The van der Waals surface area contributed by atoms with Crippen LogP contribution in [-0.4, -0.2) is 24.2 Å². The molecule has 0 spiro atoms. The van der Waals surface area contributed by atoms with Crippen LogP contribution in [0, 0.1) is 7.05 Å². The molecule has 0 aromatic carbocycles. The first-order chi connectivity index (χ1) is 3.79. The van der Waals surface area contributed by atoms with Gasteiger partial charge in [-0.3, -0.25) is 4.90 Å². The van der Waals surface area contributed by atoms with Crippen LogP contribution in [0.1, 0.15) is 12.8 Å². The maximum absolute atomic E-state index is 12.4. The van der Waals surface area contributed by atoms with Crippen molar-refractivity contribution in [2.45, 2.75) is 19.0 Å². The van der Waals surface area contributed by atoms with Crippen LogP contribution in [0.15, 0.2) is 0 Å². The summed E-state index contributed by atoms with van der Waals surface area (Å²) in [5.41, 5.74) is 0. The average Bonchev–Trinajstić information content (AvgIpc) is 1.64. The number of hydrogen-bond acceptors (Lipinski definition) is 1. The molecule has 1 rings (SSSR count). The monoisotopic (exact) mass is 116 g/mol. The van der Waals surface area contributed by atoms with E-state index in [0.29, 0.717) is 6.54 Å². The molecular formula is C6H11FN. The van der Waals surface area contributed by atoms with Gasteiger partial charge in [0.2, 0.25) is 0 Å². The first-order valence-corrected chi connectivity index (χ1v) is 2.98. The number of likely N-dealkylation sites (tertiary alicyclic amines) is 1. The van der Waals surface area contributed by atoms with Crippen LogP contribution >= 0.6 is 0 Å².